The largest absolute Gasteiger partial charge is 0.460 e. The summed E-state index contributed by atoms with van der Waals surface area (Å²) in [6, 6.07) is -0.913. The molecule has 0 radical (unpaired) electrons. The summed E-state index contributed by atoms with van der Waals surface area (Å²) in [6.07, 6.45) is 14.3. The van der Waals surface area contributed by atoms with Crippen LogP contribution in [-0.4, -0.2) is 183 Å². The van der Waals surface area contributed by atoms with Crippen molar-refractivity contribution in [2.45, 2.75) is 186 Å². The van der Waals surface area contributed by atoms with Crippen LogP contribution in [0.5, 0.6) is 0 Å². The van der Waals surface area contributed by atoms with Crippen molar-refractivity contribution >= 4 is 29.2 Å². The maximum absolute atomic E-state index is 14.6. The highest BCUT2D eigenvalue weighted by Crippen LogP contribution is 2.38. The number of fused-ring (bicyclic) bond motifs is 3. The molecule has 16 heteroatoms. The number of hydrogen-bond donors (Lipinski definition) is 3. The number of nitrogens with one attached hydrogen (secondary N) is 1. The third-order valence-corrected chi connectivity index (χ3v) is 17.2. The van der Waals surface area contributed by atoms with Crippen molar-refractivity contribution in [1.29, 1.82) is 0 Å². The Morgan fingerprint density at radius 2 is 1.57 bits per heavy atom. The van der Waals surface area contributed by atoms with E-state index in [-0.39, 0.29) is 60.9 Å². The van der Waals surface area contributed by atoms with Gasteiger partial charge in [0.15, 0.2) is 5.78 Å². The summed E-state index contributed by atoms with van der Waals surface area (Å²) >= 11 is 0. The monoisotopic (exact) mass is 1050 g/mol. The first-order valence-corrected chi connectivity index (χ1v) is 28.3. The first-order valence-electron chi connectivity index (χ1n) is 28.3. The van der Waals surface area contributed by atoms with E-state index in [9.17, 15) is 34.2 Å². The molecule has 15 atom stereocenters. The number of ketones is 3. The van der Waals surface area contributed by atoms with E-state index >= 15 is 0 Å². The Kier molecular flexibility index (Phi) is 25.0. The second-order valence-electron chi connectivity index (χ2n) is 23.1. The molecule has 1 aliphatic carbocycles. The Bertz CT molecular complexity index is 2000. The van der Waals surface area contributed by atoms with Gasteiger partial charge < -0.3 is 53.9 Å². The highest BCUT2D eigenvalue weighted by atomic mass is 16.6. The molecular formula is C59H96N4O12. The third kappa shape index (κ3) is 17.5. The van der Waals surface area contributed by atoms with Crippen molar-refractivity contribution in [2.24, 2.45) is 35.5 Å². The van der Waals surface area contributed by atoms with Crippen LogP contribution in [0, 0.1) is 35.5 Å². The first-order chi connectivity index (χ1) is 35.7. The van der Waals surface area contributed by atoms with Gasteiger partial charge in [0, 0.05) is 90.7 Å². The standard InChI is InChI=1S/C59H96N4O12/c1-38-18-13-12-14-19-39(2)50(71-9)36-46-23-21-44(7)59(70,75-46)56(67)57(68)63-27-16-15-20-48(63)58(69)74-51(37-49(64)40(3)33-43(6)54(66)55(73-11)53(65)42(5)32-38)41(4)34-45-22-24-47(52(35-45)72-10)60-25-17-26-62-30-28-61(8)29-31-62/h12-14,18-19,33,38,40-42,44-48,50-52,54-55,60,66,70H,15-17,20-32,34-37H2,1-11H3/b14-12+,18-13+,39-19+,43-33+/t38-,40-,41-,42-,44-,45+,46+,47-,48+,50+,51+,52-,54-,55+,59-/m1/s1. The number of piperazine rings is 1. The van der Waals surface area contributed by atoms with E-state index < -0.39 is 77.8 Å². The predicted octanol–water partition coefficient (Wildman–Crippen LogP) is 6.42. The maximum Gasteiger partial charge on any atom is 0.329 e. The summed E-state index contributed by atoms with van der Waals surface area (Å²) in [7, 11) is 6.91. The lowest BCUT2D eigenvalue weighted by molar-refractivity contribution is -0.265. The molecule has 3 N–H and O–H groups in total. The second-order valence-corrected chi connectivity index (χ2v) is 23.1. The van der Waals surface area contributed by atoms with Crippen molar-refractivity contribution < 1.29 is 57.9 Å². The number of carbonyl (C=O) groups excluding carboxylic acids is 5. The lowest BCUT2D eigenvalue weighted by Crippen LogP contribution is -2.61. The number of methoxy groups -OCH3 is 3. The van der Waals surface area contributed by atoms with Gasteiger partial charge in [0.2, 0.25) is 5.79 Å². The number of aliphatic hydroxyl groups is 2. The maximum atomic E-state index is 14.6. The number of hydrogen-bond acceptors (Lipinski definition) is 15. The number of esters is 1. The average Bonchev–Trinajstić information content (AvgIpc) is 3.39. The fourth-order valence-electron chi connectivity index (χ4n) is 12.0. The second kappa shape index (κ2) is 30.1. The molecule has 4 fully saturated rings. The minimum atomic E-state index is -2.42. The van der Waals surface area contributed by atoms with Crippen LogP contribution in [0.3, 0.4) is 0 Å². The van der Waals surface area contributed by atoms with E-state index in [2.05, 4.69) is 22.2 Å². The van der Waals surface area contributed by atoms with Gasteiger partial charge in [0.1, 0.15) is 30.1 Å². The molecule has 4 aliphatic heterocycles. The van der Waals surface area contributed by atoms with Gasteiger partial charge in [-0.25, -0.2) is 4.79 Å². The summed E-state index contributed by atoms with van der Waals surface area (Å²) in [5.41, 5.74) is 1.30. The van der Waals surface area contributed by atoms with Crippen molar-refractivity contribution in [3.8, 4) is 0 Å². The van der Waals surface area contributed by atoms with Crippen LogP contribution in [0.15, 0.2) is 47.6 Å². The van der Waals surface area contributed by atoms with Crippen molar-refractivity contribution in [2.75, 3.05) is 74.2 Å². The van der Waals surface area contributed by atoms with Crippen LogP contribution < -0.4 is 5.32 Å². The van der Waals surface area contributed by atoms with Crippen LogP contribution in [-0.2, 0) is 47.7 Å². The van der Waals surface area contributed by atoms with Gasteiger partial charge in [0.25, 0.3) is 11.7 Å². The van der Waals surface area contributed by atoms with Crippen LogP contribution in [0.4, 0.5) is 0 Å². The zero-order valence-corrected chi connectivity index (χ0v) is 47.5. The number of likely N-dealkylation sites (N-methyl/N-ethyl adjacent to an activating group) is 1. The van der Waals surface area contributed by atoms with Crippen molar-refractivity contribution in [3.63, 3.8) is 0 Å². The first kappa shape index (κ1) is 62.4. The molecule has 0 aromatic heterocycles. The number of Topliss-reactive ketones (excluding diaryl/α,β-unsaturated/α-hetero) is 3. The van der Waals surface area contributed by atoms with E-state index in [0.717, 1.165) is 70.5 Å². The summed E-state index contributed by atoms with van der Waals surface area (Å²) in [4.78, 5) is 77.7. The molecule has 75 heavy (non-hydrogen) atoms. The van der Waals surface area contributed by atoms with E-state index in [4.69, 9.17) is 23.7 Å². The molecule has 0 aromatic rings. The topological polar surface area (TPSA) is 194 Å². The molecule has 424 valence electrons. The molecule has 5 aliphatic rings. The summed E-state index contributed by atoms with van der Waals surface area (Å²) in [5, 5.41) is 27.4. The van der Waals surface area contributed by atoms with Crippen LogP contribution in [0.25, 0.3) is 0 Å². The Labute approximate surface area is 449 Å². The third-order valence-electron chi connectivity index (χ3n) is 17.2. The van der Waals surface area contributed by atoms with Gasteiger partial charge in [-0.2, -0.15) is 0 Å². The lowest BCUT2D eigenvalue weighted by atomic mass is 9.77. The Morgan fingerprint density at radius 3 is 2.27 bits per heavy atom. The normalized spacial score (nSPS) is 38.4. The number of nitrogens with zero attached hydrogens (tertiary/aromatic N) is 3. The Hall–Kier alpha value is -3.45. The lowest BCUT2D eigenvalue weighted by Gasteiger charge is -2.42. The molecule has 0 spiro atoms. The SMILES string of the molecule is CO[C@H]1C[C@@H]2CC[C@@H](C)[C@@](O)(O2)C(=O)C(=O)N2CCCC[C@H]2C(=O)O[C@H]([C@H](C)C[C@@H]2CC[C@@H](NCCCN3CCN(C)CC3)[C@H](OC)C2)CC(=O)[C@H](C)/C=C(\C)[C@@H](O)[C@@H](OC)C(=O)[C@H](C)C[C@H](C)/C=C/C=C/C=C/1C. The highest BCUT2D eigenvalue weighted by molar-refractivity contribution is 6.39. The van der Waals surface area contributed by atoms with Crippen LogP contribution >= 0.6 is 0 Å². The van der Waals surface area contributed by atoms with E-state index in [0.29, 0.717) is 50.5 Å². The Balaban J connectivity index is 1.40. The molecule has 16 nitrogen and oxygen atoms in total. The molecule has 0 aromatic carbocycles. The smallest absolute Gasteiger partial charge is 0.329 e. The molecule has 1 saturated carbocycles. The zero-order chi connectivity index (χ0) is 55.0. The molecule has 3 saturated heterocycles. The fourth-order valence-corrected chi connectivity index (χ4v) is 12.0. The summed E-state index contributed by atoms with van der Waals surface area (Å²) < 4.78 is 30.2. The number of ether oxygens (including phenoxy) is 5. The zero-order valence-electron chi connectivity index (χ0n) is 47.5. The van der Waals surface area contributed by atoms with Gasteiger partial charge >= 0.3 is 5.97 Å². The van der Waals surface area contributed by atoms with Gasteiger partial charge in [-0.3, -0.25) is 19.2 Å². The van der Waals surface area contributed by atoms with Crippen LogP contribution in [0.1, 0.15) is 132 Å². The predicted molar refractivity (Wildman–Crippen MR) is 289 cm³/mol. The minimum absolute atomic E-state index is 0.0110. The minimum Gasteiger partial charge on any atom is -0.460 e. The quantitative estimate of drug-likeness (QED) is 0.0889. The van der Waals surface area contributed by atoms with Gasteiger partial charge in [-0.15, -0.1) is 0 Å². The fraction of sp³-hybridized carbons (Fsp3) is 0.780. The summed E-state index contributed by atoms with van der Waals surface area (Å²) in [6.45, 7) is 19.3. The van der Waals surface area contributed by atoms with Gasteiger partial charge in [-0.05, 0) is 134 Å². The number of aliphatic hydroxyl groups excluding tert-OH is 1. The molecule has 2 bridgehead atoms. The number of rotatable bonds is 11. The number of allylic oxidation sites excluding steroid dienone is 6. The van der Waals surface area contributed by atoms with E-state index in [1.165, 1.54) is 12.0 Å². The van der Waals surface area contributed by atoms with Crippen molar-refractivity contribution in [3.05, 3.63) is 47.6 Å². The molecular weight excluding hydrogens is 957 g/mol. The van der Waals surface area contributed by atoms with E-state index in [1.807, 2.05) is 58.1 Å². The average molecular weight is 1050 g/mol. The Morgan fingerprint density at radius 1 is 0.840 bits per heavy atom. The summed E-state index contributed by atoms with van der Waals surface area (Å²) in [5.74, 6) is -7.63. The highest BCUT2D eigenvalue weighted by Gasteiger charge is 2.53. The molecule has 5 rings (SSSR count). The molecule has 1 amide bonds. The van der Waals surface area contributed by atoms with Crippen molar-refractivity contribution in [1.82, 2.24) is 20.0 Å². The number of piperidine rings is 1. The molecule has 4 heterocycles. The van der Waals surface area contributed by atoms with Crippen LogP contribution in [0.2, 0.25) is 0 Å². The molecule has 0 unspecified atom stereocenters. The number of cyclic esters (lactones) is 1. The number of carbonyl (C=O) groups is 5. The van der Waals surface area contributed by atoms with Gasteiger partial charge in [-0.1, -0.05) is 71.1 Å². The number of amides is 1. The van der Waals surface area contributed by atoms with E-state index in [1.54, 1.807) is 41.1 Å². The van der Waals surface area contributed by atoms with Gasteiger partial charge in [0.05, 0.1) is 18.3 Å².